The van der Waals surface area contributed by atoms with Gasteiger partial charge in [0, 0.05) is 17.9 Å². The van der Waals surface area contributed by atoms with Gasteiger partial charge >= 0.3 is 18.1 Å². The zero-order valence-electron chi connectivity index (χ0n) is 13.9. The first-order valence-corrected chi connectivity index (χ1v) is 8.59. The minimum absolute atomic E-state index is 0.245. The molecule has 2 amide bonds. The molecule has 0 aliphatic carbocycles. The van der Waals surface area contributed by atoms with Crippen molar-refractivity contribution in [3.8, 4) is 0 Å². The lowest BCUT2D eigenvalue weighted by molar-refractivity contribution is -0.195. The molecule has 0 saturated heterocycles. The normalized spacial score (nSPS) is 14.7. The number of aliphatic hydroxyl groups excluding tert-OH is 1. The summed E-state index contributed by atoms with van der Waals surface area (Å²) >= 11 is 0.518. The lowest BCUT2D eigenvalue weighted by atomic mass is 10.1. The molecule has 0 heterocycles. The quantitative estimate of drug-likeness (QED) is 0.220. The van der Waals surface area contributed by atoms with Gasteiger partial charge < -0.3 is 31.7 Å². The van der Waals surface area contributed by atoms with Crippen LogP contribution in [0.1, 0.15) is 12.8 Å². The van der Waals surface area contributed by atoms with Crippen LogP contribution in [0.4, 0.5) is 13.2 Å². The average molecular weight is 419 g/mol. The zero-order valence-corrected chi connectivity index (χ0v) is 14.7. The highest BCUT2D eigenvalue weighted by molar-refractivity contribution is 7.99. The molecular weight excluding hydrogens is 399 g/mol. The number of carboxylic acids is 2. The topological polar surface area (TPSA) is 179 Å². The molecule has 0 spiro atoms. The first kappa shape index (κ1) is 24.9. The van der Waals surface area contributed by atoms with E-state index in [0.717, 1.165) is 0 Å². The largest absolute Gasteiger partial charge is 0.480 e. The van der Waals surface area contributed by atoms with E-state index in [1.807, 2.05) is 5.32 Å². The van der Waals surface area contributed by atoms with Gasteiger partial charge in [0.15, 0.2) is 6.10 Å². The summed E-state index contributed by atoms with van der Waals surface area (Å²) in [5.41, 5.74) is 5.23. The third-order valence-electron chi connectivity index (χ3n) is 3.00. The van der Waals surface area contributed by atoms with Gasteiger partial charge in [-0.15, -0.1) is 0 Å². The molecule has 0 aromatic heterocycles. The minimum Gasteiger partial charge on any atom is -0.480 e. The van der Waals surface area contributed by atoms with Crippen LogP contribution in [0, 0.1) is 0 Å². The maximum atomic E-state index is 12.3. The van der Waals surface area contributed by atoms with Gasteiger partial charge in [0.25, 0.3) is 0 Å². The summed E-state index contributed by atoms with van der Waals surface area (Å²) in [5.74, 6) is -5.64. The Hall–Kier alpha value is -2.06. The van der Waals surface area contributed by atoms with Crippen molar-refractivity contribution in [3.63, 3.8) is 0 Å². The summed E-state index contributed by atoms with van der Waals surface area (Å²) in [6, 6.07) is -2.70. The maximum Gasteiger partial charge on any atom is 0.415 e. The molecule has 0 aliphatic heterocycles. The highest BCUT2D eigenvalue weighted by Crippen LogP contribution is 2.23. The van der Waals surface area contributed by atoms with E-state index in [4.69, 9.17) is 21.1 Å². The Morgan fingerprint density at radius 3 is 2.19 bits per heavy atom. The van der Waals surface area contributed by atoms with Crippen molar-refractivity contribution < 1.29 is 47.7 Å². The second-order valence-corrected chi connectivity index (χ2v) is 6.38. The highest BCUT2D eigenvalue weighted by atomic mass is 32.2. The third kappa shape index (κ3) is 11.3. The lowest BCUT2D eigenvalue weighted by Crippen LogP contribution is -2.49. The Balaban J connectivity index is 4.73. The van der Waals surface area contributed by atoms with Gasteiger partial charge in [-0.1, -0.05) is 0 Å². The van der Waals surface area contributed by atoms with E-state index in [2.05, 4.69) is 5.32 Å². The molecule has 3 atom stereocenters. The maximum absolute atomic E-state index is 12.3. The summed E-state index contributed by atoms with van der Waals surface area (Å²) in [6.07, 6.45) is -8.09. The number of carboxylic acid groups (broad SMARTS) is 2. The summed E-state index contributed by atoms with van der Waals surface area (Å²) in [7, 11) is 0. The molecule has 7 N–H and O–H groups in total. The average Bonchev–Trinajstić information content (AvgIpc) is 2.55. The number of nitrogens with two attached hydrogens (primary N) is 1. The van der Waals surface area contributed by atoms with Crippen molar-refractivity contribution in [1.29, 1.82) is 0 Å². The molecule has 0 aliphatic rings. The second kappa shape index (κ2) is 11.6. The fourth-order valence-corrected chi connectivity index (χ4v) is 2.56. The van der Waals surface area contributed by atoms with E-state index < -0.39 is 60.4 Å². The number of aliphatic carboxylic acids is 2. The number of alkyl halides is 3. The number of hydrogen-bond donors (Lipinski definition) is 6. The van der Waals surface area contributed by atoms with Crippen LogP contribution >= 0.6 is 11.8 Å². The van der Waals surface area contributed by atoms with Gasteiger partial charge in [0.05, 0.1) is 0 Å². The van der Waals surface area contributed by atoms with E-state index in [1.54, 1.807) is 0 Å². The summed E-state index contributed by atoms with van der Waals surface area (Å²) in [6.45, 7) is -0.773. The van der Waals surface area contributed by atoms with Crippen molar-refractivity contribution in [2.45, 2.75) is 37.2 Å². The SMILES string of the molecule is N[C@@H](CCC(=O)N[C@@H](CSCC(O)C(F)(F)F)C(=O)NCC(=O)O)C(=O)O. The van der Waals surface area contributed by atoms with Gasteiger partial charge in [0.2, 0.25) is 11.8 Å². The molecular formula is C13H20F3N3O7S. The van der Waals surface area contributed by atoms with Crippen molar-refractivity contribution in [1.82, 2.24) is 10.6 Å². The molecule has 0 radical (unpaired) electrons. The molecule has 0 aromatic rings. The Bertz CT molecular complexity index is 548. The predicted molar refractivity (Wildman–Crippen MR) is 86.8 cm³/mol. The predicted octanol–water partition coefficient (Wildman–Crippen LogP) is -1.48. The molecule has 0 bridgehead atoms. The van der Waals surface area contributed by atoms with E-state index in [-0.39, 0.29) is 18.6 Å². The van der Waals surface area contributed by atoms with Crippen molar-refractivity contribution in [2.24, 2.45) is 5.73 Å². The minimum atomic E-state index is -4.84. The summed E-state index contributed by atoms with van der Waals surface area (Å²) in [5, 5.41) is 30.2. The van der Waals surface area contributed by atoms with Gasteiger partial charge in [-0.25, -0.2) is 0 Å². The van der Waals surface area contributed by atoms with E-state index in [0.29, 0.717) is 11.8 Å². The van der Waals surface area contributed by atoms with Crippen LogP contribution in [0.25, 0.3) is 0 Å². The van der Waals surface area contributed by atoms with Crippen LogP contribution < -0.4 is 16.4 Å². The molecule has 27 heavy (non-hydrogen) atoms. The zero-order chi connectivity index (χ0) is 21.2. The van der Waals surface area contributed by atoms with E-state index in [9.17, 15) is 32.3 Å². The van der Waals surface area contributed by atoms with Gasteiger partial charge in [-0.05, 0) is 6.42 Å². The Morgan fingerprint density at radius 1 is 1.11 bits per heavy atom. The smallest absolute Gasteiger partial charge is 0.415 e. The molecule has 0 saturated carbocycles. The monoisotopic (exact) mass is 419 g/mol. The molecule has 14 heteroatoms. The number of halogens is 3. The number of amides is 2. The summed E-state index contributed by atoms with van der Waals surface area (Å²) < 4.78 is 36.8. The molecule has 156 valence electrons. The fourth-order valence-electron chi connectivity index (χ4n) is 1.54. The van der Waals surface area contributed by atoms with Crippen LogP contribution in [-0.2, 0) is 19.2 Å². The third-order valence-corrected chi connectivity index (χ3v) is 4.12. The van der Waals surface area contributed by atoms with Gasteiger partial charge in [-0.3, -0.25) is 19.2 Å². The second-order valence-electron chi connectivity index (χ2n) is 5.31. The Labute approximate surface area is 155 Å². The van der Waals surface area contributed by atoms with Crippen molar-refractivity contribution >= 4 is 35.5 Å². The molecule has 0 fully saturated rings. The van der Waals surface area contributed by atoms with Crippen LogP contribution in [0.3, 0.4) is 0 Å². The number of rotatable bonds is 12. The molecule has 1 unspecified atom stereocenters. The number of carbonyl (C=O) groups is 4. The number of thioether (sulfide) groups is 1. The first-order chi connectivity index (χ1) is 12.3. The molecule has 0 rings (SSSR count). The number of carbonyl (C=O) groups excluding carboxylic acids is 2. The number of aliphatic hydroxyl groups is 1. The first-order valence-electron chi connectivity index (χ1n) is 7.44. The lowest BCUT2D eigenvalue weighted by Gasteiger charge is -2.19. The van der Waals surface area contributed by atoms with Gasteiger partial charge in [0.1, 0.15) is 18.6 Å². The van der Waals surface area contributed by atoms with Crippen LogP contribution in [0.5, 0.6) is 0 Å². The van der Waals surface area contributed by atoms with Gasteiger partial charge in [-0.2, -0.15) is 24.9 Å². The van der Waals surface area contributed by atoms with E-state index >= 15 is 0 Å². The van der Waals surface area contributed by atoms with Crippen LogP contribution in [0.2, 0.25) is 0 Å². The van der Waals surface area contributed by atoms with Crippen molar-refractivity contribution in [2.75, 3.05) is 18.1 Å². The molecule has 0 aromatic carbocycles. The number of nitrogens with one attached hydrogen (secondary N) is 2. The van der Waals surface area contributed by atoms with Crippen LogP contribution in [0.15, 0.2) is 0 Å². The number of hydrogen-bond acceptors (Lipinski definition) is 7. The van der Waals surface area contributed by atoms with E-state index in [1.165, 1.54) is 0 Å². The fraction of sp³-hybridized carbons (Fsp3) is 0.692. The standard InChI is InChI=1S/C13H20F3N3O7S/c14-13(15,16)8(20)5-27-4-7(11(24)18-3-10(22)23)19-9(21)2-1-6(17)12(25)26/h6-8,20H,1-5,17H2,(H,18,24)(H,19,21)(H,22,23)(H,25,26)/t6-,7-,8?/m0/s1. The van der Waals surface area contributed by atoms with Crippen molar-refractivity contribution in [3.05, 3.63) is 0 Å². The van der Waals surface area contributed by atoms with Crippen LogP contribution in [-0.4, -0.2) is 81.5 Å². The Kier molecular flexibility index (Phi) is 10.7. The molecule has 10 nitrogen and oxygen atoms in total. The Morgan fingerprint density at radius 2 is 1.70 bits per heavy atom. The summed E-state index contributed by atoms with van der Waals surface area (Å²) in [4.78, 5) is 44.7. The highest BCUT2D eigenvalue weighted by Gasteiger charge is 2.38.